The van der Waals surface area contributed by atoms with Crippen LogP contribution in [0.5, 0.6) is 0 Å². The molecule has 0 amide bonds. The standard InChI is InChI=1S/C15H12ClN3OS/c1-10-6-8-11(9-7-10)19-14(18-21-15(19)20)17-13-5-3-2-4-12(13)16/h2-9H,1H3,(H,17,18). The van der Waals surface area contributed by atoms with Gasteiger partial charge in [-0.05, 0) is 31.2 Å². The number of para-hydroxylation sites is 1. The molecule has 6 heteroatoms. The molecule has 1 aromatic heterocycles. The van der Waals surface area contributed by atoms with Crippen molar-refractivity contribution < 1.29 is 0 Å². The van der Waals surface area contributed by atoms with Crippen LogP contribution in [-0.2, 0) is 0 Å². The molecular weight excluding hydrogens is 306 g/mol. The summed E-state index contributed by atoms with van der Waals surface area (Å²) in [5.74, 6) is 0.460. The first-order valence-corrected chi connectivity index (χ1v) is 7.47. The molecule has 0 saturated carbocycles. The van der Waals surface area contributed by atoms with E-state index >= 15 is 0 Å². The third-order valence-corrected chi connectivity index (χ3v) is 3.95. The molecule has 0 aliphatic carbocycles. The summed E-state index contributed by atoms with van der Waals surface area (Å²) in [6, 6.07) is 15.0. The zero-order valence-electron chi connectivity index (χ0n) is 11.2. The average molecular weight is 318 g/mol. The highest BCUT2D eigenvalue weighted by molar-refractivity contribution is 7.03. The van der Waals surface area contributed by atoms with Crippen molar-refractivity contribution in [1.82, 2.24) is 8.94 Å². The number of aromatic nitrogens is 2. The molecule has 0 fully saturated rings. The van der Waals surface area contributed by atoms with E-state index in [1.54, 1.807) is 6.07 Å². The van der Waals surface area contributed by atoms with Crippen LogP contribution in [0, 0.1) is 6.92 Å². The Bertz CT molecular complexity index is 823. The lowest BCUT2D eigenvalue weighted by atomic mass is 10.2. The van der Waals surface area contributed by atoms with Crippen molar-refractivity contribution >= 4 is 34.8 Å². The van der Waals surface area contributed by atoms with Gasteiger partial charge < -0.3 is 5.32 Å². The highest BCUT2D eigenvalue weighted by Gasteiger charge is 2.12. The van der Waals surface area contributed by atoms with Crippen LogP contribution in [0.2, 0.25) is 5.02 Å². The first-order valence-electron chi connectivity index (χ1n) is 6.32. The monoisotopic (exact) mass is 317 g/mol. The summed E-state index contributed by atoms with van der Waals surface area (Å²) in [4.78, 5) is 11.9. The smallest absolute Gasteiger partial charge is 0.323 e. The maximum Gasteiger partial charge on any atom is 0.332 e. The fraction of sp³-hybridized carbons (Fsp3) is 0.0667. The number of aryl methyl sites for hydroxylation is 1. The fourth-order valence-electron chi connectivity index (χ4n) is 1.93. The van der Waals surface area contributed by atoms with Gasteiger partial charge in [-0.25, -0.2) is 4.57 Å². The number of rotatable bonds is 3. The summed E-state index contributed by atoms with van der Waals surface area (Å²) in [5.41, 5.74) is 2.62. The van der Waals surface area contributed by atoms with Gasteiger partial charge in [0, 0.05) is 11.5 Å². The van der Waals surface area contributed by atoms with Crippen molar-refractivity contribution in [2.75, 3.05) is 5.32 Å². The number of benzene rings is 2. The van der Waals surface area contributed by atoms with E-state index in [0.717, 1.165) is 22.8 Å². The molecule has 21 heavy (non-hydrogen) atoms. The quantitative estimate of drug-likeness (QED) is 0.794. The molecule has 0 radical (unpaired) electrons. The summed E-state index contributed by atoms with van der Waals surface area (Å²) in [7, 11) is 0. The van der Waals surface area contributed by atoms with E-state index in [1.165, 1.54) is 4.57 Å². The second-order valence-corrected chi connectivity index (χ2v) is 5.67. The van der Waals surface area contributed by atoms with Gasteiger partial charge in [-0.15, -0.1) is 0 Å². The Morgan fingerprint density at radius 3 is 2.57 bits per heavy atom. The first-order chi connectivity index (χ1) is 10.1. The average Bonchev–Trinajstić information content (AvgIpc) is 2.83. The summed E-state index contributed by atoms with van der Waals surface area (Å²) >= 11 is 7.03. The van der Waals surface area contributed by atoms with Gasteiger partial charge in [0.25, 0.3) is 0 Å². The Balaban J connectivity index is 2.03. The highest BCUT2D eigenvalue weighted by atomic mass is 35.5. The molecule has 0 unspecified atom stereocenters. The summed E-state index contributed by atoms with van der Waals surface area (Å²) in [6.07, 6.45) is 0. The molecule has 1 N–H and O–H groups in total. The van der Waals surface area contributed by atoms with Crippen LogP contribution in [0.4, 0.5) is 11.6 Å². The molecule has 2 aromatic carbocycles. The van der Waals surface area contributed by atoms with Crippen molar-refractivity contribution in [3.05, 3.63) is 68.8 Å². The second-order valence-electron chi connectivity index (χ2n) is 4.55. The number of halogens is 1. The van der Waals surface area contributed by atoms with Gasteiger partial charge in [-0.3, -0.25) is 4.79 Å². The van der Waals surface area contributed by atoms with E-state index in [4.69, 9.17) is 11.6 Å². The summed E-state index contributed by atoms with van der Waals surface area (Å²) in [6.45, 7) is 2.00. The van der Waals surface area contributed by atoms with Crippen LogP contribution in [0.3, 0.4) is 0 Å². The fourth-order valence-corrected chi connectivity index (χ4v) is 2.68. The zero-order valence-corrected chi connectivity index (χ0v) is 12.8. The van der Waals surface area contributed by atoms with Gasteiger partial charge in [-0.1, -0.05) is 41.4 Å². The number of hydrogen-bond donors (Lipinski definition) is 1. The topological polar surface area (TPSA) is 46.9 Å². The number of hydrogen-bond acceptors (Lipinski definition) is 4. The van der Waals surface area contributed by atoms with Crippen LogP contribution in [-0.4, -0.2) is 8.94 Å². The molecule has 3 aromatic rings. The second kappa shape index (κ2) is 5.71. The Morgan fingerprint density at radius 1 is 1.14 bits per heavy atom. The van der Waals surface area contributed by atoms with Gasteiger partial charge in [0.15, 0.2) is 0 Å². The maximum absolute atomic E-state index is 12.0. The van der Waals surface area contributed by atoms with Gasteiger partial charge in [0.2, 0.25) is 5.95 Å². The predicted molar refractivity (Wildman–Crippen MR) is 87.2 cm³/mol. The molecular formula is C15H12ClN3OS. The molecule has 0 spiro atoms. The molecule has 106 valence electrons. The third kappa shape index (κ3) is 2.84. The SMILES string of the molecule is Cc1ccc(-n2c(Nc3ccccc3Cl)nsc2=O)cc1. The van der Waals surface area contributed by atoms with Crippen LogP contribution in [0.25, 0.3) is 5.69 Å². The van der Waals surface area contributed by atoms with Crippen molar-refractivity contribution in [2.45, 2.75) is 6.92 Å². The van der Waals surface area contributed by atoms with E-state index in [2.05, 4.69) is 9.69 Å². The Labute approximate surface area is 130 Å². The minimum Gasteiger partial charge on any atom is -0.323 e. The van der Waals surface area contributed by atoms with Crippen molar-refractivity contribution in [3.63, 3.8) is 0 Å². The van der Waals surface area contributed by atoms with Crippen LogP contribution < -0.4 is 10.2 Å². The lowest BCUT2D eigenvalue weighted by molar-refractivity contribution is 1.02. The van der Waals surface area contributed by atoms with Gasteiger partial charge in [-0.2, -0.15) is 4.37 Å². The van der Waals surface area contributed by atoms with Crippen molar-refractivity contribution in [3.8, 4) is 5.69 Å². The minimum absolute atomic E-state index is 0.145. The lowest BCUT2D eigenvalue weighted by Crippen LogP contribution is -2.13. The molecule has 0 atom stereocenters. The van der Waals surface area contributed by atoms with Gasteiger partial charge >= 0.3 is 4.87 Å². The summed E-state index contributed by atoms with van der Waals surface area (Å²) < 4.78 is 5.71. The van der Waals surface area contributed by atoms with Gasteiger partial charge in [0.1, 0.15) is 0 Å². The van der Waals surface area contributed by atoms with Crippen LogP contribution >= 0.6 is 23.1 Å². The highest BCUT2D eigenvalue weighted by Crippen LogP contribution is 2.25. The summed E-state index contributed by atoms with van der Waals surface area (Å²) in [5, 5.41) is 3.68. The van der Waals surface area contributed by atoms with E-state index in [1.807, 2.05) is 49.4 Å². The van der Waals surface area contributed by atoms with E-state index < -0.39 is 0 Å². The lowest BCUT2D eigenvalue weighted by Gasteiger charge is -2.09. The van der Waals surface area contributed by atoms with Crippen molar-refractivity contribution in [1.29, 1.82) is 0 Å². The number of anilines is 2. The molecule has 4 nitrogen and oxygen atoms in total. The Hall–Kier alpha value is -2.11. The Morgan fingerprint density at radius 2 is 1.86 bits per heavy atom. The predicted octanol–water partition coefficient (Wildman–Crippen LogP) is 4.00. The molecule has 3 rings (SSSR count). The molecule has 0 aliphatic heterocycles. The van der Waals surface area contributed by atoms with Gasteiger partial charge in [0.05, 0.1) is 16.4 Å². The largest absolute Gasteiger partial charge is 0.332 e. The molecule has 1 heterocycles. The molecule has 0 aliphatic rings. The number of nitrogens with zero attached hydrogens (tertiary/aromatic N) is 2. The normalized spacial score (nSPS) is 10.6. The molecule has 0 saturated heterocycles. The van der Waals surface area contributed by atoms with Crippen LogP contribution in [0.1, 0.15) is 5.56 Å². The van der Waals surface area contributed by atoms with E-state index in [9.17, 15) is 4.79 Å². The van der Waals surface area contributed by atoms with Crippen molar-refractivity contribution in [2.24, 2.45) is 0 Å². The van der Waals surface area contributed by atoms with E-state index in [0.29, 0.717) is 16.7 Å². The Kier molecular flexibility index (Phi) is 3.77. The minimum atomic E-state index is -0.145. The zero-order chi connectivity index (χ0) is 14.8. The first kappa shape index (κ1) is 13.9. The molecule has 0 bridgehead atoms. The maximum atomic E-state index is 12.0. The van der Waals surface area contributed by atoms with Crippen LogP contribution in [0.15, 0.2) is 53.3 Å². The van der Waals surface area contributed by atoms with E-state index in [-0.39, 0.29) is 4.87 Å². The third-order valence-electron chi connectivity index (χ3n) is 3.02. The number of nitrogens with one attached hydrogen (secondary N) is 1.